The van der Waals surface area contributed by atoms with Crippen LogP contribution in [0.2, 0.25) is 0 Å². The number of hydrogen-bond acceptors (Lipinski definition) is 3. The van der Waals surface area contributed by atoms with Gasteiger partial charge in [0.2, 0.25) is 0 Å². The summed E-state index contributed by atoms with van der Waals surface area (Å²) >= 11 is 0. The average molecular weight is 382 g/mol. The SMILES string of the molecule is CN1CC[C@H](CNC(=O)N2CCN(Cc3ccccc3F)c3ccccc32)C1. The third kappa shape index (κ3) is 3.97. The van der Waals surface area contributed by atoms with Crippen LogP contribution in [0, 0.1) is 11.7 Å². The summed E-state index contributed by atoms with van der Waals surface area (Å²) in [6, 6.07) is 14.7. The maximum atomic E-state index is 14.1. The van der Waals surface area contributed by atoms with Crippen molar-refractivity contribution in [1.29, 1.82) is 0 Å². The van der Waals surface area contributed by atoms with E-state index in [9.17, 15) is 9.18 Å². The van der Waals surface area contributed by atoms with Crippen molar-refractivity contribution in [3.63, 3.8) is 0 Å². The van der Waals surface area contributed by atoms with Gasteiger partial charge in [0.1, 0.15) is 5.82 Å². The molecule has 2 amide bonds. The molecular formula is C22H27FN4O. The molecule has 2 aliphatic heterocycles. The Labute approximate surface area is 165 Å². The average Bonchev–Trinajstić information content (AvgIpc) is 3.13. The van der Waals surface area contributed by atoms with Gasteiger partial charge < -0.3 is 15.1 Å². The molecule has 0 bridgehead atoms. The van der Waals surface area contributed by atoms with Crippen LogP contribution in [0.4, 0.5) is 20.6 Å². The first-order valence-electron chi connectivity index (χ1n) is 9.93. The smallest absolute Gasteiger partial charge is 0.322 e. The van der Waals surface area contributed by atoms with E-state index in [0.717, 1.165) is 30.9 Å². The molecule has 0 aromatic heterocycles. The predicted molar refractivity (Wildman–Crippen MR) is 110 cm³/mol. The van der Waals surface area contributed by atoms with E-state index in [1.54, 1.807) is 6.07 Å². The highest BCUT2D eigenvalue weighted by Crippen LogP contribution is 2.34. The lowest BCUT2D eigenvalue weighted by molar-refractivity contribution is 0.244. The van der Waals surface area contributed by atoms with Crippen LogP contribution in [0.5, 0.6) is 0 Å². The van der Waals surface area contributed by atoms with Crippen LogP contribution in [0.15, 0.2) is 48.5 Å². The summed E-state index contributed by atoms with van der Waals surface area (Å²) in [6.45, 7) is 4.59. The third-order valence-corrected chi connectivity index (χ3v) is 5.70. The summed E-state index contributed by atoms with van der Waals surface area (Å²) in [6.07, 6.45) is 1.13. The Hall–Kier alpha value is -2.60. The standard InChI is InChI=1S/C22H27FN4O/c1-25-11-10-17(15-25)14-24-22(28)27-13-12-26(20-8-4-5-9-21(20)27)16-18-6-2-3-7-19(18)23/h2-9,17H,10-16H2,1H3,(H,24,28)/t17-/m1/s1. The second-order valence-electron chi connectivity index (χ2n) is 7.76. The largest absolute Gasteiger partial charge is 0.364 e. The van der Waals surface area contributed by atoms with Gasteiger partial charge >= 0.3 is 6.03 Å². The van der Waals surface area contributed by atoms with Crippen LogP contribution in [-0.4, -0.2) is 50.7 Å². The van der Waals surface area contributed by atoms with Crippen LogP contribution in [0.25, 0.3) is 0 Å². The van der Waals surface area contributed by atoms with Crippen LogP contribution in [0.3, 0.4) is 0 Å². The van der Waals surface area contributed by atoms with E-state index in [2.05, 4.69) is 22.2 Å². The molecule has 0 aliphatic carbocycles. The predicted octanol–water partition coefficient (Wildman–Crippen LogP) is 3.31. The molecule has 0 unspecified atom stereocenters. The number of para-hydroxylation sites is 2. The van der Waals surface area contributed by atoms with Gasteiger partial charge in [0, 0.05) is 38.3 Å². The summed E-state index contributed by atoms with van der Waals surface area (Å²) in [5, 5.41) is 3.11. The summed E-state index contributed by atoms with van der Waals surface area (Å²) in [5.41, 5.74) is 2.51. The first-order valence-corrected chi connectivity index (χ1v) is 9.93. The normalized spacial score (nSPS) is 19.6. The first kappa shape index (κ1) is 18.7. The molecule has 4 rings (SSSR count). The minimum Gasteiger partial charge on any atom is -0.364 e. The van der Waals surface area contributed by atoms with E-state index in [0.29, 0.717) is 37.7 Å². The number of anilines is 2. The molecule has 1 atom stereocenters. The minimum atomic E-state index is -0.193. The number of nitrogens with one attached hydrogen (secondary N) is 1. The molecule has 1 saturated heterocycles. The van der Waals surface area contributed by atoms with Gasteiger partial charge in [-0.1, -0.05) is 30.3 Å². The zero-order chi connectivity index (χ0) is 19.5. The lowest BCUT2D eigenvalue weighted by Crippen LogP contribution is -2.49. The molecule has 6 heteroatoms. The Kier molecular flexibility index (Phi) is 5.48. The van der Waals surface area contributed by atoms with Crippen molar-refractivity contribution in [2.24, 2.45) is 5.92 Å². The molecule has 5 nitrogen and oxygen atoms in total. The number of halogens is 1. The lowest BCUT2D eigenvalue weighted by atomic mass is 10.1. The summed E-state index contributed by atoms with van der Waals surface area (Å²) < 4.78 is 14.1. The van der Waals surface area contributed by atoms with Crippen LogP contribution < -0.4 is 15.1 Å². The number of rotatable bonds is 4. The number of urea groups is 1. The van der Waals surface area contributed by atoms with Crippen molar-refractivity contribution in [3.8, 4) is 0 Å². The van der Waals surface area contributed by atoms with Gasteiger partial charge in [-0.3, -0.25) is 4.90 Å². The Bertz CT molecular complexity index is 843. The molecule has 2 aromatic rings. The van der Waals surface area contributed by atoms with Crippen molar-refractivity contribution in [1.82, 2.24) is 10.2 Å². The number of benzene rings is 2. The van der Waals surface area contributed by atoms with Crippen molar-refractivity contribution < 1.29 is 9.18 Å². The summed E-state index contributed by atoms with van der Waals surface area (Å²) in [5.74, 6) is 0.327. The fourth-order valence-corrected chi connectivity index (χ4v) is 4.15. The van der Waals surface area contributed by atoms with Crippen LogP contribution in [-0.2, 0) is 6.54 Å². The third-order valence-electron chi connectivity index (χ3n) is 5.70. The zero-order valence-electron chi connectivity index (χ0n) is 16.3. The number of carbonyl (C=O) groups is 1. The Morgan fingerprint density at radius 2 is 1.82 bits per heavy atom. The highest BCUT2D eigenvalue weighted by molar-refractivity contribution is 5.96. The van der Waals surface area contributed by atoms with Crippen molar-refractivity contribution in [3.05, 3.63) is 59.9 Å². The molecular weight excluding hydrogens is 355 g/mol. The van der Waals surface area contributed by atoms with E-state index in [4.69, 9.17) is 0 Å². The second-order valence-corrected chi connectivity index (χ2v) is 7.76. The Morgan fingerprint density at radius 3 is 2.57 bits per heavy atom. The monoisotopic (exact) mass is 382 g/mol. The van der Waals surface area contributed by atoms with Crippen LogP contribution >= 0.6 is 0 Å². The number of amides is 2. The fourth-order valence-electron chi connectivity index (χ4n) is 4.15. The molecule has 2 heterocycles. The lowest BCUT2D eigenvalue weighted by Gasteiger charge is -2.38. The van der Waals surface area contributed by atoms with E-state index in [1.807, 2.05) is 41.3 Å². The van der Waals surface area contributed by atoms with Gasteiger partial charge in [-0.15, -0.1) is 0 Å². The van der Waals surface area contributed by atoms with Crippen LogP contribution in [0.1, 0.15) is 12.0 Å². The van der Waals surface area contributed by atoms with Gasteiger partial charge in [0.15, 0.2) is 0 Å². The number of hydrogen-bond donors (Lipinski definition) is 1. The molecule has 148 valence electrons. The van der Waals surface area contributed by atoms with Gasteiger partial charge in [-0.2, -0.15) is 0 Å². The van der Waals surface area contributed by atoms with E-state index < -0.39 is 0 Å². The summed E-state index contributed by atoms with van der Waals surface area (Å²) in [7, 11) is 2.12. The molecule has 28 heavy (non-hydrogen) atoms. The highest BCUT2D eigenvalue weighted by Gasteiger charge is 2.28. The quantitative estimate of drug-likeness (QED) is 0.882. The number of likely N-dealkylation sites (tertiary alicyclic amines) is 1. The fraction of sp³-hybridized carbons (Fsp3) is 0.409. The van der Waals surface area contributed by atoms with E-state index >= 15 is 0 Å². The topological polar surface area (TPSA) is 38.8 Å². The molecule has 0 saturated carbocycles. The maximum absolute atomic E-state index is 14.1. The second kappa shape index (κ2) is 8.19. The molecule has 2 aromatic carbocycles. The number of fused-ring (bicyclic) bond motifs is 1. The van der Waals surface area contributed by atoms with Gasteiger partial charge in [-0.25, -0.2) is 9.18 Å². The van der Waals surface area contributed by atoms with Gasteiger partial charge in [-0.05, 0) is 44.1 Å². The number of nitrogens with zero attached hydrogens (tertiary/aromatic N) is 3. The van der Waals surface area contributed by atoms with E-state index in [1.165, 1.54) is 6.07 Å². The maximum Gasteiger partial charge on any atom is 0.322 e. The summed E-state index contributed by atoms with van der Waals surface area (Å²) in [4.78, 5) is 19.1. The minimum absolute atomic E-state index is 0.0486. The van der Waals surface area contributed by atoms with Crippen molar-refractivity contribution in [2.45, 2.75) is 13.0 Å². The molecule has 0 spiro atoms. The van der Waals surface area contributed by atoms with Gasteiger partial charge in [0.25, 0.3) is 0 Å². The van der Waals surface area contributed by atoms with E-state index in [-0.39, 0.29) is 11.8 Å². The highest BCUT2D eigenvalue weighted by atomic mass is 19.1. The van der Waals surface area contributed by atoms with Crippen molar-refractivity contribution in [2.75, 3.05) is 49.6 Å². The van der Waals surface area contributed by atoms with Crippen molar-refractivity contribution >= 4 is 17.4 Å². The zero-order valence-corrected chi connectivity index (χ0v) is 16.3. The number of carbonyl (C=O) groups excluding carboxylic acids is 1. The Balaban J connectivity index is 1.46. The molecule has 0 radical (unpaired) electrons. The first-order chi connectivity index (χ1) is 13.6. The Morgan fingerprint density at radius 1 is 1.07 bits per heavy atom. The molecule has 1 fully saturated rings. The molecule has 2 aliphatic rings. The molecule has 1 N–H and O–H groups in total. The van der Waals surface area contributed by atoms with Gasteiger partial charge in [0.05, 0.1) is 11.4 Å².